The third-order valence-corrected chi connectivity index (χ3v) is 3.76. The SMILES string of the molecule is COC(=O)c1ccc([C@@H]2C=C(c3ccnn3C)CC=N2)cc1. The Balaban J connectivity index is 1.87. The number of allylic oxidation sites excluding steroid dienone is 1. The molecule has 1 aliphatic heterocycles. The van der Waals surface area contributed by atoms with E-state index < -0.39 is 0 Å². The summed E-state index contributed by atoms with van der Waals surface area (Å²) in [6.07, 6.45) is 6.67. The number of rotatable bonds is 3. The van der Waals surface area contributed by atoms with Crippen molar-refractivity contribution < 1.29 is 9.53 Å². The van der Waals surface area contributed by atoms with Crippen LogP contribution in [0.1, 0.15) is 34.1 Å². The fraction of sp³-hybridized carbons (Fsp3) is 0.235. The number of aromatic nitrogens is 2. The molecule has 1 aliphatic rings. The molecule has 0 amide bonds. The summed E-state index contributed by atoms with van der Waals surface area (Å²) in [6, 6.07) is 9.33. The lowest BCUT2D eigenvalue weighted by Gasteiger charge is -2.16. The number of hydrogen-bond donors (Lipinski definition) is 0. The van der Waals surface area contributed by atoms with Gasteiger partial charge in [-0.3, -0.25) is 9.67 Å². The molecular weight excluding hydrogens is 278 g/mol. The first-order valence-corrected chi connectivity index (χ1v) is 7.08. The molecule has 0 radical (unpaired) electrons. The molecule has 0 aliphatic carbocycles. The fourth-order valence-corrected chi connectivity index (χ4v) is 2.56. The molecule has 112 valence electrons. The van der Waals surface area contributed by atoms with Gasteiger partial charge in [0.15, 0.2) is 0 Å². The summed E-state index contributed by atoms with van der Waals surface area (Å²) >= 11 is 0. The summed E-state index contributed by atoms with van der Waals surface area (Å²) in [5, 5.41) is 4.21. The van der Waals surface area contributed by atoms with E-state index in [4.69, 9.17) is 4.74 Å². The lowest BCUT2D eigenvalue weighted by atomic mass is 9.98. The molecule has 5 nitrogen and oxygen atoms in total. The van der Waals surface area contributed by atoms with Crippen LogP contribution < -0.4 is 0 Å². The lowest BCUT2D eigenvalue weighted by molar-refractivity contribution is 0.0600. The number of aliphatic imine (C=N–C) groups is 1. The van der Waals surface area contributed by atoms with Crippen LogP contribution in [-0.4, -0.2) is 29.1 Å². The molecule has 0 spiro atoms. The molecular formula is C17H17N3O2. The molecule has 0 saturated heterocycles. The number of ether oxygens (including phenoxy) is 1. The van der Waals surface area contributed by atoms with Crippen molar-refractivity contribution >= 4 is 17.8 Å². The van der Waals surface area contributed by atoms with Gasteiger partial charge < -0.3 is 4.74 Å². The molecule has 1 aromatic carbocycles. The quantitative estimate of drug-likeness (QED) is 0.818. The number of methoxy groups -OCH3 is 1. The third kappa shape index (κ3) is 2.70. The van der Waals surface area contributed by atoms with Crippen molar-refractivity contribution in [3.8, 4) is 0 Å². The van der Waals surface area contributed by atoms with E-state index in [2.05, 4.69) is 16.2 Å². The van der Waals surface area contributed by atoms with Gasteiger partial charge >= 0.3 is 5.97 Å². The van der Waals surface area contributed by atoms with Crippen LogP contribution in [0.15, 0.2) is 47.6 Å². The van der Waals surface area contributed by atoms with E-state index in [0.717, 1.165) is 17.7 Å². The Morgan fingerprint density at radius 2 is 2.05 bits per heavy atom. The summed E-state index contributed by atoms with van der Waals surface area (Å²) in [5.74, 6) is -0.329. The minimum absolute atomic E-state index is 0.0367. The summed E-state index contributed by atoms with van der Waals surface area (Å²) < 4.78 is 6.57. The lowest BCUT2D eigenvalue weighted by Crippen LogP contribution is -2.05. The predicted octanol–water partition coefficient (Wildman–Crippen LogP) is 2.81. The molecule has 22 heavy (non-hydrogen) atoms. The number of carbonyl (C=O) groups excluding carboxylic acids is 1. The normalized spacial score (nSPS) is 17.2. The average molecular weight is 295 g/mol. The van der Waals surface area contributed by atoms with Crippen LogP contribution in [-0.2, 0) is 11.8 Å². The Labute approximate surface area is 128 Å². The maximum Gasteiger partial charge on any atom is 0.337 e. The molecule has 2 heterocycles. The molecule has 1 aromatic heterocycles. The van der Waals surface area contributed by atoms with E-state index in [-0.39, 0.29) is 12.0 Å². The summed E-state index contributed by atoms with van der Waals surface area (Å²) in [5.41, 5.74) is 3.89. The van der Waals surface area contributed by atoms with Crippen molar-refractivity contribution in [2.75, 3.05) is 7.11 Å². The van der Waals surface area contributed by atoms with Crippen molar-refractivity contribution in [1.82, 2.24) is 9.78 Å². The molecule has 0 bridgehead atoms. The molecule has 0 saturated carbocycles. The highest BCUT2D eigenvalue weighted by molar-refractivity contribution is 5.89. The Kier molecular flexibility index (Phi) is 3.87. The van der Waals surface area contributed by atoms with Crippen molar-refractivity contribution in [2.24, 2.45) is 12.0 Å². The van der Waals surface area contributed by atoms with Crippen molar-refractivity contribution in [2.45, 2.75) is 12.5 Å². The Bertz CT molecular complexity index is 742. The van der Waals surface area contributed by atoms with Crippen LogP contribution in [0.4, 0.5) is 0 Å². The number of carbonyl (C=O) groups is 1. The monoisotopic (exact) mass is 295 g/mol. The molecule has 2 aromatic rings. The highest BCUT2D eigenvalue weighted by atomic mass is 16.5. The third-order valence-electron chi connectivity index (χ3n) is 3.76. The van der Waals surface area contributed by atoms with E-state index in [0.29, 0.717) is 5.56 Å². The number of nitrogens with zero attached hydrogens (tertiary/aromatic N) is 3. The first-order chi connectivity index (χ1) is 10.7. The second kappa shape index (κ2) is 5.97. The molecule has 0 N–H and O–H groups in total. The van der Waals surface area contributed by atoms with Crippen LogP contribution in [0.25, 0.3) is 5.57 Å². The average Bonchev–Trinajstić information content (AvgIpc) is 3.00. The Hall–Kier alpha value is -2.69. The summed E-state index contributed by atoms with van der Waals surface area (Å²) in [6.45, 7) is 0. The van der Waals surface area contributed by atoms with E-state index in [1.165, 1.54) is 12.7 Å². The zero-order chi connectivity index (χ0) is 15.5. The molecule has 3 rings (SSSR count). The second-order valence-electron chi connectivity index (χ2n) is 5.13. The Morgan fingerprint density at radius 1 is 1.27 bits per heavy atom. The smallest absolute Gasteiger partial charge is 0.337 e. The van der Waals surface area contributed by atoms with Gasteiger partial charge in [0, 0.05) is 25.9 Å². The first-order valence-electron chi connectivity index (χ1n) is 7.08. The maximum absolute atomic E-state index is 11.5. The van der Waals surface area contributed by atoms with Gasteiger partial charge in [0.25, 0.3) is 0 Å². The number of aryl methyl sites for hydroxylation is 1. The van der Waals surface area contributed by atoms with E-state index in [9.17, 15) is 4.79 Å². The van der Waals surface area contributed by atoms with Crippen LogP contribution in [0.2, 0.25) is 0 Å². The highest BCUT2D eigenvalue weighted by Gasteiger charge is 2.15. The molecule has 0 fully saturated rings. The maximum atomic E-state index is 11.5. The minimum atomic E-state index is -0.329. The number of hydrogen-bond acceptors (Lipinski definition) is 4. The van der Waals surface area contributed by atoms with E-state index in [1.54, 1.807) is 18.3 Å². The van der Waals surface area contributed by atoms with Crippen LogP contribution in [0.3, 0.4) is 0 Å². The van der Waals surface area contributed by atoms with Crippen molar-refractivity contribution in [3.63, 3.8) is 0 Å². The van der Waals surface area contributed by atoms with Crippen molar-refractivity contribution in [3.05, 3.63) is 59.4 Å². The van der Waals surface area contributed by atoms with Crippen LogP contribution >= 0.6 is 0 Å². The van der Waals surface area contributed by atoms with Gasteiger partial charge in [-0.05, 0) is 29.3 Å². The molecule has 1 atom stereocenters. The Morgan fingerprint density at radius 3 is 2.68 bits per heavy atom. The molecule has 0 unspecified atom stereocenters. The number of benzene rings is 1. The van der Waals surface area contributed by atoms with Gasteiger partial charge in [0.05, 0.1) is 24.4 Å². The summed E-state index contributed by atoms with van der Waals surface area (Å²) in [4.78, 5) is 16.0. The van der Waals surface area contributed by atoms with Gasteiger partial charge in [-0.2, -0.15) is 5.10 Å². The zero-order valence-electron chi connectivity index (χ0n) is 12.6. The number of esters is 1. The van der Waals surface area contributed by atoms with E-state index >= 15 is 0 Å². The van der Waals surface area contributed by atoms with Gasteiger partial charge in [-0.1, -0.05) is 18.2 Å². The van der Waals surface area contributed by atoms with Gasteiger partial charge in [-0.25, -0.2) is 4.79 Å². The predicted molar refractivity (Wildman–Crippen MR) is 84.8 cm³/mol. The van der Waals surface area contributed by atoms with Gasteiger partial charge in [0.2, 0.25) is 0 Å². The van der Waals surface area contributed by atoms with Crippen LogP contribution in [0.5, 0.6) is 0 Å². The largest absolute Gasteiger partial charge is 0.465 e. The zero-order valence-corrected chi connectivity index (χ0v) is 12.6. The topological polar surface area (TPSA) is 56.5 Å². The van der Waals surface area contributed by atoms with Gasteiger partial charge in [-0.15, -0.1) is 0 Å². The minimum Gasteiger partial charge on any atom is -0.465 e. The first kappa shape index (κ1) is 14.3. The number of dihydropyridines is 1. The fourth-order valence-electron chi connectivity index (χ4n) is 2.56. The summed E-state index contributed by atoms with van der Waals surface area (Å²) in [7, 11) is 3.31. The van der Waals surface area contributed by atoms with Crippen LogP contribution in [0, 0.1) is 0 Å². The highest BCUT2D eigenvalue weighted by Crippen LogP contribution is 2.29. The van der Waals surface area contributed by atoms with E-state index in [1.807, 2.05) is 36.1 Å². The standard InChI is InChI=1S/C17H17N3O2/c1-20-16(8-10-19-20)14-7-9-18-15(11-14)12-3-5-13(6-4-12)17(21)22-2/h3-6,8-11,15H,7H2,1-2H3/t15-/m0/s1. The van der Waals surface area contributed by atoms with Gasteiger partial charge in [0.1, 0.15) is 0 Å². The molecule has 5 heteroatoms. The second-order valence-corrected chi connectivity index (χ2v) is 5.13. The van der Waals surface area contributed by atoms with Crippen molar-refractivity contribution in [1.29, 1.82) is 0 Å².